The molecule has 6 heteroatoms. The predicted molar refractivity (Wildman–Crippen MR) is 105 cm³/mol. The highest BCUT2D eigenvalue weighted by Gasteiger charge is 2.09. The second kappa shape index (κ2) is 9.19. The standard InChI is InChI=1S/C16H23N3OS.HI/c1-11(15-6-5-7-21-15)9-18-16(17-4)19-10-14-8-12(2)20-13(14)3;/h5-8,11H,9-10H2,1-4H3,(H2,17,18,19);1H. The normalized spacial score (nSPS) is 12.6. The van der Waals surface area contributed by atoms with E-state index in [0.717, 1.165) is 30.6 Å². The Bertz CT molecular complexity index is 593. The summed E-state index contributed by atoms with van der Waals surface area (Å²) in [6.07, 6.45) is 0. The van der Waals surface area contributed by atoms with E-state index in [0.29, 0.717) is 5.92 Å². The monoisotopic (exact) mass is 433 g/mol. The van der Waals surface area contributed by atoms with E-state index in [9.17, 15) is 0 Å². The van der Waals surface area contributed by atoms with Gasteiger partial charge in [0.25, 0.3) is 0 Å². The third kappa shape index (κ3) is 5.31. The first-order valence-electron chi connectivity index (χ1n) is 7.14. The molecule has 0 aliphatic heterocycles. The van der Waals surface area contributed by atoms with Crippen molar-refractivity contribution >= 4 is 41.3 Å². The summed E-state index contributed by atoms with van der Waals surface area (Å²) >= 11 is 1.79. The highest BCUT2D eigenvalue weighted by molar-refractivity contribution is 14.0. The van der Waals surface area contributed by atoms with Crippen molar-refractivity contribution in [2.75, 3.05) is 13.6 Å². The maximum Gasteiger partial charge on any atom is 0.191 e. The molecule has 1 unspecified atom stereocenters. The fourth-order valence-corrected chi connectivity index (χ4v) is 2.97. The number of rotatable bonds is 5. The van der Waals surface area contributed by atoms with Crippen LogP contribution in [0.5, 0.6) is 0 Å². The van der Waals surface area contributed by atoms with Crippen LogP contribution < -0.4 is 10.6 Å². The topological polar surface area (TPSA) is 49.6 Å². The third-order valence-electron chi connectivity index (χ3n) is 3.42. The Labute approximate surface area is 153 Å². The number of guanidine groups is 1. The average Bonchev–Trinajstić information content (AvgIpc) is 3.09. The molecule has 0 radical (unpaired) electrons. The lowest BCUT2D eigenvalue weighted by molar-refractivity contribution is 0.500. The van der Waals surface area contributed by atoms with Gasteiger partial charge < -0.3 is 15.1 Å². The van der Waals surface area contributed by atoms with Gasteiger partial charge in [-0.3, -0.25) is 4.99 Å². The SMILES string of the molecule is CN=C(NCc1cc(C)oc1C)NCC(C)c1cccs1.I. The minimum Gasteiger partial charge on any atom is -0.466 e. The molecule has 0 fully saturated rings. The Hall–Kier alpha value is -1.02. The van der Waals surface area contributed by atoms with E-state index in [4.69, 9.17) is 4.42 Å². The van der Waals surface area contributed by atoms with Gasteiger partial charge in [0.15, 0.2) is 5.96 Å². The van der Waals surface area contributed by atoms with Gasteiger partial charge in [0.1, 0.15) is 11.5 Å². The van der Waals surface area contributed by atoms with Crippen LogP contribution in [0.25, 0.3) is 0 Å². The molecule has 0 saturated carbocycles. The number of thiophene rings is 1. The number of halogens is 1. The largest absolute Gasteiger partial charge is 0.466 e. The zero-order valence-corrected chi connectivity index (χ0v) is 16.6. The van der Waals surface area contributed by atoms with E-state index >= 15 is 0 Å². The molecule has 2 N–H and O–H groups in total. The van der Waals surface area contributed by atoms with Crippen LogP contribution >= 0.6 is 35.3 Å². The first-order chi connectivity index (χ1) is 10.1. The summed E-state index contributed by atoms with van der Waals surface area (Å²) in [7, 11) is 1.79. The highest BCUT2D eigenvalue weighted by atomic mass is 127. The van der Waals surface area contributed by atoms with Crippen LogP contribution in [0.2, 0.25) is 0 Å². The van der Waals surface area contributed by atoms with E-state index < -0.39 is 0 Å². The second-order valence-corrected chi connectivity index (χ2v) is 6.14. The van der Waals surface area contributed by atoms with E-state index in [2.05, 4.69) is 46.1 Å². The van der Waals surface area contributed by atoms with E-state index in [1.165, 1.54) is 10.4 Å². The first-order valence-corrected chi connectivity index (χ1v) is 8.02. The number of nitrogens with zero attached hydrogens (tertiary/aromatic N) is 1. The Morgan fingerprint density at radius 1 is 1.36 bits per heavy atom. The van der Waals surface area contributed by atoms with E-state index in [1.807, 2.05) is 13.8 Å². The lowest BCUT2D eigenvalue weighted by Crippen LogP contribution is -2.38. The molecule has 2 rings (SSSR count). The molecule has 0 spiro atoms. The number of furan rings is 1. The Balaban J connectivity index is 0.00000242. The molecule has 22 heavy (non-hydrogen) atoms. The van der Waals surface area contributed by atoms with Crippen molar-refractivity contribution in [3.63, 3.8) is 0 Å². The van der Waals surface area contributed by atoms with Crippen LogP contribution in [0.1, 0.15) is 34.8 Å². The molecule has 2 aromatic heterocycles. The fourth-order valence-electron chi connectivity index (χ4n) is 2.18. The third-order valence-corrected chi connectivity index (χ3v) is 4.52. The molecule has 2 aromatic rings. The molecule has 0 aliphatic rings. The summed E-state index contributed by atoms with van der Waals surface area (Å²) in [6, 6.07) is 6.32. The lowest BCUT2D eigenvalue weighted by atomic mass is 10.1. The quantitative estimate of drug-likeness (QED) is 0.425. The van der Waals surface area contributed by atoms with Gasteiger partial charge in [-0.1, -0.05) is 13.0 Å². The number of hydrogen-bond donors (Lipinski definition) is 2. The Kier molecular flexibility index (Phi) is 7.95. The van der Waals surface area contributed by atoms with Crippen molar-refractivity contribution in [1.29, 1.82) is 0 Å². The molecule has 4 nitrogen and oxygen atoms in total. The Morgan fingerprint density at radius 3 is 2.68 bits per heavy atom. The van der Waals surface area contributed by atoms with Crippen molar-refractivity contribution in [2.45, 2.75) is 33.2 Å². The van der Waals surface area contributed by atoms with E-state index in [-0.39, 0.29) is 24.0 Å². The van der Waals surface area contributed by atoms with Crippen LogP contribution in [0.3, 0.4) is 0 Å². The van der Waals surface area contributed by atoms with Gasteiger partial charge >= 0.3 is 0 Å². The number of nitrogens with one attached hydrogen (secondary N) is 2. The molecule has 0 saturated heterocycles. The van der Waals surface area contributed by atoms with Gasteiger partial charge in [-0.2, -0.15) is 0 Å². The van der Waals surface area contributed by atoms with Crippen molar-refractivity contribution in [1.82, 2.24) is 10.6 Å². The number of aliphatic imine (C=N–C) groups is 1. The second-order valence-electron chi connectivity index (χ2n) is 5.16. The fraction of sp³-hybridized carbons (Fsp3) is 0.438. The molecule has 0 aromatic carbocycles. The van der Waals surface area contributed by atoms with Gasteiger partial charge in [0.2, 0.25) is 0 Å². The summed E-state index contributed by atoms with van der Waals surface area (Å²) in [5, 5.41) is 8.81. The molecule has 0 bridgehead atoms. The Morgan fingerprint density at radius 2 is 2.14 bits per heavy atom. The molecule has 0 aliphatic carbocycles. The smallest absolute Gasteiger partial charge is 0.191 e. The zero-order chi connectivity index (χ0) is 15.2. The maximum atomic E-state index is 5.53. The van der Waals surface area contributed by atoms with Crippen LogP contribution in [-0.4, -0.2) is 19.6 Å². The van der Waals surface area contributed by atoms with Crippen LogP contribution in [-0.2, 0) is 6.54 Å². The molecule has 2 heterocycles. The number of aryl methyl sites for hydroxylation is 2. The van der Waals surface area contributed by atoms with Crippen LogP contribution in [0.15, 0.2) is 33.0 Å². The van der Waals surface area contributed by atoms with E-state index in [1.54, 1.807) is 18.4 Å². The van der Waals surface area contributed by atoms with Gasteiger partial charge in [-0.25, -0.2) is 0 Å². The highest BCUT2D eigenvalue weighted by Crippen LogP contribution is 2.19. The van der Waals surface area contributed by atoms with Crippen molar-refractivity contribution in [2.24, 2.45) is 4.99 Å². The number of hydrogen-bond acceptors (Lipinski definition) is 3. The van der Waals surface area contributed by atoms with Gasteiger partial charge in [0.05, 0.1) is 0 Å². The van der Waals surface area contributed by atoms with Gasteiger partial charge in [-0.15, -0.1) is 35.3 Å². The summed E-state index contributed by atoms with van der Waals surface area (Å²) < 4.78 is 5.53. The van der Waals surface area contributed by atoms with Gasteiger partial charge in [0, 0.05) is 36.5 Å². The first kappa shape index (κ1) is 19.0. The zero-order valence-electron chi connectivity index (χ0n) is 13.5. The predicted octanol–water partition coefficient (Wildman–Crippen LogP) is 4.04. The molecule has 1 atom stereocenters. The average molecular weight is 433 g/mol. The van der Waals surface area contributed by atoms with Crippen LogP contribution in [0, 0.1) is 13.8 Å². The minimum absolute atomic E-state index is 0. The maximum absolute atomic E-state index is 5.53. The van der Waals surface area contributed by atoms with Crippen LogP contribution in [0.4, 0.5) is 0 Å². The van der Waals surface area contributed by atoms with Gasteiger partial charge in [-0.05, 0) is 31.4 Å². The minimum atomic E-state index is 0. The molecule has 122 valence electrons. The summed E-state index contributed by atoms with van der Waals surface area (Å²) in [6.45, 7) is 7.75. The summed E-state index contributed by atoms with van der Waals surface area (Å²) in [4.78, 5) is 5.65. The summed E-state index contributed by atoms with van der Waals surface area (Å²) in [5.74, 6) is 3.19. The molecular formula is C16H24IN3OS. The molecular weight excluding hydrogens is 409 g/mol. The molecule has 0 amide bonds. The van der Waals surface area contributed by atoms with Crippen molar-refractivity contribution in [3.8, 4) is 0 Å². The summed E-state index contributed by atoms with van der Waals surface area (Å²) in [5.41, 5.74) is 1.17. The lowest BCUT2D eigenvalue weighted by Gasteiger charge is -2.15. The van der Waals surface area contributed by atoms with Crippen molar-refractivity contribution < 1.29 is 4.42 Å². The van der Waals surface area contributed by atoms with Crippen molar-refractivity contribution in [3.05, 3.63) is 45.5 Å².